The fourth-order valence-electron chi connectivity index (χ4n) is 2.48. The van der Waals surface area contributed by atoms with Gasteiger partial charge in [0.2, 0.25) is 5.91 Å². The number of likely N-dealkylation sites (tertiary alicyclic amines) is 1. The number of pyridine rings is 1. The number of carbonyl (C=O) groups excluding carboxylic acids is 1. The topological polar surface area (TPSA) is 33.2 Å². The van der Waals surface area contributed by atoms with E-state index in [1.165, 1.54) is 5.56 Å². The Kier molecular flexibility index (Phi) is 4.00. The molecule has 1 aromatic rings. The Morgan fingerprint density at radius 3 is 3.18 bits per heavy atom. The maximum absolute atomic E-state index is 11.4. The summed E-state index contributed by atoms with van der Waals surface area (Å²) in [6, 6.07) is 4.28. The van der Waals surface area contributed by atoms with Crippen molar-refractivity contribution in [2.45, 2.75) is 38.6 Å². The van der Waals surface area contributed by atoms with Gasteiger partial charge in [0.25, 0.3) is 0 Å². The predicted molar refractivity (Wildman–Crippen MR) is 68.0 cm³/mol. The second-order valence-electron chi connectivity index (χ2n) is 4.53. The summed E-state index contributed by atoms with van der Waals surface area (Å²) in [5, 5.41) is 0.539. The molecular formula is C13H17ClN2O. The monoisotopic (exact) mass is 252 g/mol. The van der Waals surface area contributed by atoms with E-state index in [0.29, 0.717) is 11.2 Å². The quantitative estimate of drug-likeness (QED) is 0.775. The summed E-state index contributed by atoms with van der Waals surface area (Å²) >= 11 is 5.84. The molecule has 92 valence electrons. The number of nitrogens with zero attached hydrogens (tertiary/aromatic N) is 2. The van der Waals surface area contributed by atoms with Crippen molar-refractivity contribution in [2.24, 2.45) is 0 Å². The summed E-state index contributed by atoms with van der Waals surface area (Å²) in [4.78, 5) is 17.4. The van der Waals surface area contributed by atoms with Gasteiger partial charge in [-0.1, -0.05) is 11.6 Å². The fraction of sp³-hybridized carbons (Fsp3) is 0.538. The van der Waals surface area contributed by atoms with Crippen LogP contribution in [0.4, 0.5) is 0 Å². The predicted octanol–water partition coefficient (Wildman–Crippen LogP) is 2.68. The Hall–Kier alpha value is -1.09. The van der Waals surface area contributed by atoms with Crippen LogP contribution in [0.25, 0.3) is 0 Å². The van der Waals surface area contributed by atoms with Crippen molar-refractivity contribution in [3.8, 4) is 0 Å². The van der Waals surface area contributed by atoms with Gasteiger partial charge in [-0.15, -0.1) is 0 Å². The van der Waals surface area contributed by atoms with Gasteiger partial charge in [0.1, 0.15) is 5.15 Å². The standard InChI is InChI=1S/C13H17ClN2O/c1-10(17)16-8-2-3-12(16)5-4-11-6-7-15-13(14)9-11/h6-7,9,12H,2-5,8H2,1H3. The van der Waals surface area contributed by atoms with Crippen LogP contribution >= 0.6 is 11.6 Å². The van der Waals surface area contributed by atoms with Gasteiger partial charge in [0, 0.05) is 25.7 Å². The molecule has 0 N–H and O–H groups in total. The minimum absolute atomic E-state index is 0.195. The van der Waals surface area contributed by atoms with Gasteiger partial charge in [-0.2, -0.15) is 0 Å². The Bertz CT molecular complexity index is 408. The van der Waals surface area contributed by atoms with E-state index in [2.05, 4.69) is 4.98 Å². The highest BCUT2D eigenvalue weighted by atomic mass is 35.5. The second kappa shape index (κ2) is 5.50. The second-order valence-corrected chi connectivity index (χ2v) is 4.92. The van der Waals surface area contributed by atoms with Gasteiger partial charge >= 0.3 is 0 Å². The van der Waals surface area contributed by atoms with E-state index in [9.17, 15) is 4.79 Å². The SMILES string of the molecule is CC(=O)N1CCCC1CCc1ccnc(Cl)c1. The van der Waals surface area contributed by atoms with Gasteiger partial charge in [0.05, 0.1) is 0 Å². The summed E-state index contributed by atoms with van der Waals surface area (Å²) in [5.74, 6) is 0.195. The number of carbonyl (C=O) groups is 1. The molecule has 0 radical (unpaired) electrons. The van der Waals surface area contributed by atoms with Gasteiger partial charge < -0.3 is 4.90 Å². The van der Waals surface area contributed by atoms with Crippen LogP contribution in [0.2, 0.25) is 5.15 Å². The third kappa shape index (κ3) is 3.19. The largest absolute Gasteiger partial charge is 0.340 e. The zero-order valence-corrected chi connectivity index (χ0v) is 10.8. The molecule has 1 amide bonds. The highest BCUT2D eigenvalue weighted by molar-refractivity contribution is 6.29. The summed E-state index contributed by atoms with van der Waals surface area (Å²) in [6.45, 7) is 2.57. The van der Waals surface area contributed by atoms with Crippen LogP contribution in [-0.4, -0.2) is 28.4 Å². The van der Waals surface area contributed by atoms with Crippen LogP contribution < -0.4 is 0 Å². The molecular weight excluding hydrogens is 236 g/mol. The van der Waals surface area contributed by atoms with Gasteiger partial charge in [-0.25, -0.2) is 4.98 Å². The smallest absolute Gasteiger partial charge is 0.219 e. The zero-order chi connectivity index (χ0) is 12.3. The Labute approximate surface area is 107 Å². The number of aryl methyl sites for hydroxylation is 1. The minimum Gasteiger partial charge on any atom is -0.340 e. The van der Waals surface area contributed by atoms with Crippen LogP contribution in [0.1, 0.15) is 31.7 Å². The van der Waals surface area contributed by atoms with Gasteiger partial charge in [0.15, 0.2) is 0 Å². The highest BCUT2D eigenvalue weighted by Gasteiger charge is 2.25. The maximum Gasteiger partial charge on any atom is 0.219 e. The van der Waals surface area contributed by atoms with E-state index in [1.807, 2.05) is 17.0 Å². The summed E-state index contributed by atoms with van der Waals surface area (Å²) in [6.07, 6.45) is 5.95. The molecule has 0 bridgehead atoms. The van der Waals surface area contributed by atoms with E-state index < -0.39 is 0 Å². The molecule has 3 nitrogen and oxygen atoms in total. The molecule has 4 heteroatoms. The number of aromatic nitrogens is 1. The highest BCUT2D eigenvalue weighted by Crippen LogP contribution is 2.22. The molecule has 1 atom stereocenters. The van der Waals surface area contributed by atoms with Crippen LogP contribution in [-0.2, 0) is 11.2 Å². The molecule has 0 aromatic carbocycles. The van der Waals surface area contributed by atoms with Gasteiger partial charge in [-0.3, -0.25) is 4.79 Å². The van der Waals surface area contributed by atoms with E-state index in [0.717, 1.165) is 32.2 Å². The van der Waals surface area contributed by atoms with E-state index in [1.54, 1.807) is 13.1 Å². The van der Waals surface area contributed by atoms with Crippen molar-refractivity contribution < 1.29 is 4.79 Å². The Morgan fingerprint density at radius 1 is 1.65 bits per heavy atom. The Morgan fingerprint density at radius 2 is 2.47 bits per heavy atom. The van der Waals surface area contributed by atoms with Crippen molar-refractivity contribution in [2.75, 3.05) is 6.54 Å². The normalized spacial score (nSPS) is 19.6. The third-order valence-electron chi connectivity index (χ3n) is 3.34. The number of rotatable bonds is 3. The lowest BCUT2D eigenvalue weighted by atomic mass is 10.0. The number of amides is 1. The molecule has 1 fully saturated rings. The molecule has 1 unspecified atom stereocenters. The first kappa shape index (κ1) is 12.4. The molecule has 2 rings (SSSR count). The lowest BCUT2D eigenvalue weighted by molar-refractivity contribution is -0.129. The first-order chi connectivity index (χ1) is 8.16. The molecule has 1 saturated heterocycles. The van der Waals surface area contributed by atoms with Crippen molar-refractivity contribution in [1.82, 2.24) is 9.88 Å². The zero-order valence-electron chi connectivity index (χ0n) is 10.0. The van der Waals surface area contributed by atoms with Crippen molar-refractivity contribution in [3.05, 3.63) is 29.0 Å². The molecule has 1 aromatic heterocycles. The number of hydrogen-bond donors (Lipinski definition) is 0. The van der Waals surface area contributed by atoms with E-state index in [4.69, 9.17) is 11.6 Å². The van der Waals surface area contributed by atoms with E-state index >= 15 is 0 Å². The average molecular weight is 253 g/mol. The third-order valence-corrected chi connectivity index (χ3v) is 3.55. The summed E-state index contributed by atoms with van der Waals surface area (Å²) in [7, 11) is 0. The van der Waals surface area contributed by atoms with Crippen LogP contribution in [0.5, 0.6) is 0 Å². The lowest BCUT2D eigenvalue weighted by Crippen LogP contribution is -2.33. The molecule has 17 heavy (non-hydrogen) atoms. The first-order valence-corrected chi connectivity index (χ1v) is 6.42. The van der Waals surface area contributed by atoms with Crippen LogP contribution in [0.15, 0.2) is 18.3 Å². The minimum atomic E-state index is 0.195. The van der Waals surface area contributed by atoms with Crippen molar-refractivity contribution in [3.63, 3.8) is 0 Å². The Balaban J connectivity index is 1.91. The average Bonchev–Trinajstić information content (AvgIpc) is 2.74. The molecule has 1 aliphatic rings. The molecule has 0 saturated carbocycles. The molecule has 0 spiro atoms. The maximum atomic E-state index is 11.4. The molecule has 0 aliphatic carbocycles. The molecule has 1 aliphatic heterocycles. The number of hydrogen-bond acceptors (Lipinski definition) is 2. The van der Waals surface area contributed by atoms with Crippen molar-refractivity contribution in [1.29, 1.82) is 0 Å². The lowest BCUT2D eigenvalue weighted by Gasteiger charge is -2.23. The van der Waals surface area contributed by atoms with Crippen molar-refractivity contribution >= 4 is 17.5 Å². The summed E-state index contributed by atoms with van der Waals surface area (Å²) in [5.41, 5.74) is 1.19. The fourth-order valence-corrected chi connectivity index (χ4v) is 2.68. The van der Waals surface area contributed by atoms with Crippen LogP contribution in [0.3, 0.4) is 0 Å². The first-order valence-electron chi connectivity index (χ1n) is 6.04. The summed E-state index contributed by atoms with van der Waals surface area (Å²) < 4.78 is 0. The number of halogens is 1. The van der Waals surface area contributed by atoms with E-state index in [-0.39, 0.29) is 5.91 Å². The van der Waals surface area contributed by atoms with Crippen LogP contribution in [0, 0.1) is 0 Å². The van der Waals surface area contributed by atoms with Gasteiger partial charge in [-0.05, 0) is 43.4 Å². The molecule has 2 heterocycles.